The third kappa shape index (κ3) is 6.58. The van der Waals surface area contributed by atoms with E-state index in [0.29, 0.717) is 26.3 Å². The Balaban J connectivity index is 0.000000505. The highest BCUT2D eigenvalue weighted by Gasteiger charge is 2.44. The van der Waals surface area contributed by atoms with Crippen molar-refractivity contribution < 1.29 is 34.1 Å². The van der Waals surface area contributed by atoms with E-state index in [9.17, 15) is 4.79 Å². The van der Waals surface area contributed by atoms with E-state index in [1.54, 1.807) is 7.11 Å². The maximum absolute atomic E-state index is 13.0. The largest absolute Gasteiger partial charge is 0.473 e. The molecular weight excluding hydrogens is 492 g/mol. The van der Waals surface area contributed by atoms with Gasteiger partial charge in [0.05, 0.1) is 18.9 Å². The SMILES string of the molecule is COCc1ccc(C(=O)N2CCC3(CC2)OCCn2c(CN(C)CC4CC4)cnc23)cc1.O=C(O)C(=O)O. The minimum Gasteiger partial charge on any atom is -0.473 e. The number of nitrogens with zero attached hydrogens (tertiary/aromatic N) is 4. The molecule has 11 heteroatoms. The fourth-order valence-electron chi connectivity index (χ4n) is 5.16. The van der Waals surface area contributed by atoms with Crippen LogP contribution in [-0.2, 0) is 44.4 Å². The Morgan fingerprint density at radius 1 is 1.11 bits per heavy atom. The lowest BCUT2D eigenvalue weighted by molar-refractivity contribution is -0.159. The van der Waals surface area contributed by atoms with Crippen molar-refractivity contribution in [1.29, 1.82) is 0 Å². The van der Waals surface area contributed by atoms with Gasteiger partial charge in [-0.05, 0) is 43.5 Å². The number of ether oxygens (including phenoxy) is 2. The van der Waals surface area contributed by atoms with E-state index in [2.05, 4.69) is 16.5 Å². The van der Waals surface area contributed by atoms with E-state index in [4.69, 9.17) is 34.3 Å². The summed E-state index contributed by atoms with van der Waals surface area (Å²) < 4.78 is 13.9. The standard InChI is InChI=1S/C25H34N4O3.C2H2O4/c1-27(16-19-3-4-19)17-22-15-26-24-25(32-14-13-29(22)24)9-11-28(12-10-25)23(30)21-7-5-20(6-8-21)18-31-2;3-1(4)2(5)6/h5-8,15,19H,3-4,9-14,16-18H2,1-2H3;(H,3,4)(H,5,6). The molecule has 1 aromatic carbocycles. The van der Waals surface area contributed by atoms with Crippen molar-refractivity contribution in [3.05, 3.63) is 53.1 Å². The lowest BCUT2D eigenvalue weighted by atomic mass is 9.88. The van der Waals surface area contributed by atoms with E-state index in [1.807, 2.05) is 35.4 Å². The number of aliphatic carboxylic acids is 2. The van der Waals surface area contributed by atoms with Gasteiger partial charge in [-0.15, -0.1) is 0 Å². The lowest BCUT2D eigenvalue weighted by Crippen LogP contribution is -2.49. The molecule has 1 spiro atoms. The van der Waals surface area contributed by atoms with Crippen LogP contribution in [0.15, 0.2) is 30.5 Å². The first-order valence-corrected chi connectivity index (χ1v) is 12.9. The predicted molar refractivity (Wildman–Crippen MR) is 136 cm³/mol. The second kappa shape index (κ2) is 12.1. The summed E-state index contributed by atoms with van der Waals surface area (Å²) >= 11 is 0. The Morgan fingerprint density at radius 2 is 1.76 bits per heavy atom. The minimum atomic E-state index is -1.82. The Kier molecular flexibility index (Phi) is 8.80. The Hall–Kier alpha value is -3.28. The fraction of sp³-hybridized carbons (Fsp3) is 0.556. The number of benzene rings is 1. The van der Waals surface area contributed by atoms with Crippen LogP contribution in [0.25, 0.3) is 0 Å². The summed E-state index contributed by atoms with van der Waals surface area (Å²) in [6.45, 7) is 5.60. The summed E-state index contributed by atoms with van der Waals surface area (Å²) in [7, 11) is 3.88. The molecule has 2 aliphatic heterocycles. The number of piperidine rings is 1. The molecule has 1 aliphatic carbocycles. The summed E-state index contributed by atoms with van der Waals surface area (Å²) in [4.78, 5) is 40.4. The van der Waals surface area contributed by atoms with Crippen molar-refractivity contribution in [2.24, 2.45) is 5.92 Å². The number of hydrogen-bond acceptors (Lipinski definition) is 7. The van der Waals surface area contributed by atoms with Crippen molar-refractivity contribution in [3.8, 4) is 0 Å². The van der Waals surface area contributed by atoms with E-state index in [0.717, 1.165) is 48.8 Å². The second-order valence-electron chi connectivity index (χ2n) is 10.2. The van der Waals surface area contributed by atoms with Gasteiger partial charge in [0.15, 0.2) is 0 Å². The third-order valence-corrected chi connectivity index (χ3v) is 7.29. The predicted octanol–water partition coefficient (Wildman–Crippen LogP) is 2.19. The first kappa shape index (κ1) is 27.7. The van der Waals surface area contributed by atoms with Crippen molar-refractivity contribution in [3.63, 3.8) is 0 Å². The maximum Gasteiger partial charge on any atom is 0.414 e. The van der Waals surface area contributed by atoms with Crippen molar-refractivity contribution in [2.75, 3.05) is 40.4 Å². The Labute approximate surface area is 222 Å². The normalized spacial score (nSPS) is 18.0. The molecule has 1 saturated carbocycles. The number of carbonyl (C=O) groups is 3. The second-order valence-corrected chi connectivity index (χ2v) is 10.2. The Morgan fingerprint density at radius 3 is 2.34 bits per heavy atom. The van der Waals surface area contributed by atoms with E-state index in [-0.39, 0.29) is 11.5 Å². The third-order valence-electron chi connectivity index (χ3n) is 7.29. The van der Waals surface area contributed by atoms with Gasteiger partial charge >= 0.3 is 11.9 Å². The molecule has 2 N–H and O–H groups in total. The number of carboxylic acid groups (broad SMARTS) is 2. The number of carbonyl (C=O) groups excluding carboxylic acids is 1. The quantitative estimate of drug-likeness (QED) is 0.519. The average Bonchev–Trinajstić information content (AvgIpc) is 3.62. The van der Waals surface area contributed by atoms with Gasteiger partial charge in [0.25, 0.3) is 5.91 Å². The number of fused-ring (bicyclic) bond motifs is 2. The summed E-state index contributed by atoms with van der Waals surface area (Å²) in [6, 6.07) is 7.72. The number of rotatable bonds is 7. The van der Waals surface area contributed by atoms with Crippen LogP contribution >= 0.6 is 0 Å². The molecule has 0 atom stereocenters. The molecule has 1 aromatic heterocycles. The molecule has 2 fully saturated rings. The number of aromatic nitrogens is 2. The molecule has 38 heavy (non-hydrogen) atoms. The first-order chi connectivity index (χ1) is 18.2. The zero-order chi connectivity index (χ0) is 27.3. The van der Waals surface area contributed by atoms with Crippen LogP contribution in [0, 0.1) is 5.92 Å². The smallest absolute Gasteiger partial charge is 0.414 e. The molecule has 2 aromatic rings. The number of likely N-dealkylation sites (tertiary alicyclic amines) is 1. The summed E-state index contributed by atoms with van der Waals surface area (Å²) in [5.41, 5.74) is 2.71. The van der Waals surface area contributed by atoms with Gasteiger partial charge < -0.3 is 34.1 Å². The van der Waals surface area contributed by atoms with Crippen LogP contribution in [0.3, 0.4) is 0 Å². The topological polar surface area (TPSA) is 134 Å². The molecule has 0 radical (unpaired) electrons. The van der Waals surface area contributed by atoms with Crippen LogP contribution in [0.4, 0.5) is 0 Å². The van der Waals surface area contributed by atoms with Gasteiger partial charge in [-0.3, -0.25) is 4.79 Å². The zero-order valence-electron chi connectivity index (χ0n) is 22.0. The average molecular weight is 529 g/mol. The monoisotopic (exact) mass is 528 g/mol. The van der Waals surface area contributed by atoms with Crippen molar-refractivity contribution in [1.82, 2.24) is 19.4 Å². The lowest BCUT2D eigenvalue weighted by Gasteiger charge is -2.43. The number of imidazole rings is 1. The molecule has 0 bridgehead atoms. The molecule has 5 rings (SSSR count). The number of methoxy groups -OCH3 is 1. The molecule has 11 nitrogen and oxygen atoms in total. The zero-order valence-corrected chi connectivity index (χ0v) is 22.0. The first-order valence-electron chi connectivity index (χ1n) is 12.9. The van der Waals surface area contributed by atoms with Gasteiger partial charge in [0, 0.05) is 64.4 Å². The number of hydrogen-bond donors (Lipinski definition) is 2. The maximum atomic E-state index is 13.0. The van der Waals surface area contributed by atoms with E-state index < -0.39 is 11.9 Å². The molecular formula is C27H36N4O7. The van der Waals surface area contributed by atoms with Crippen molar-refractivity contribution in [2.45, 2.75) is 51.0 Å². The van der Waals surface area contributed by atoms with Crippen LogP contribution in [0.2, 0.25) is 0 Å². The van der Waals surface area contributed by atoms with Gasteiger partial charge in [0.1, 0.15) is 11.4 Å². The van der Waals surface area contributed by atoms with E-state index in [1.165, 1.54) is 25.1 Å². The molecule has 206 valence electrons. The number of amides is 1. The summed E-state index contributed by atoms with van der Waals surface area (Å²) in [5, 5.41) is 14.8. The molecule has 1 amide bonds. The fourth-order valence-corrected chi connectivity index (χ4v) is 5.16. The molecule has 3 aliphatic rings. The van der Waals surface area contributed by atoms with Gasteiger partial charge in [0.2, 0.25) is 0 Å². The Bertz CT molecular complexity index is 1120. The molecule has 1 saturated heterocycles. The van der Waals surface area contributed by atoms with E-state index >= 15 is 0 Å². The van der Waals surface area contributed by atoms with Crippen molar-refractivity contribution >= 4 is 17.8 Å². The highest BCUT2D eigenvalue weighted by molar-refractivity contribution is 6.27. The van der Waals surface area contributed by atoms with Gasteiger partial charge in [-0.25, -0.2) is 14.6 Å². The van der Waals surface area contributed by atoms with Crippen LogP contribution in [0.5, 0.6) is 0 Å². The minimum absolute atomic E-state index is 0.0883. The molecule has 3 heterocycles. The number of carboxylic acids is 2. The van der Waals surface area contributed by atoms with Crippen LogP contribution in [0.1, 0.15) is 53.1 Å². The van der Waals surface area contributed by atoms with Gasteiger partial charge in [-0.1, -0.05) is 12.1 Å². The molecule has 0 unspecified atom stereocenters. The van der Waals surface area contributed by atoms with Gasteiger partial charge in [-0.2, -0.15) is 0 Å². The van der Waals surface area contributed by atoms with Crippen LogP contribution < -0.4 is 0 Å². The van der Waals surface area contributed by atoms with Crippen LogP contribution in [-0.4, -0.2) is 87.8 Å². The highest BCUT2D eigenvalue weighted by Crippen LogP contribution is 2.39. The highest BCUT2D eigenvalue weighted by atomic mass is 16.5. The summed E-state index contributed by atoms with van der Waals surface area (Å²) in [6.07, 6.45) is 6.36. The summed E-state index contributed by atoms with van der Waals surface area (Å²) in [5.74, 6) is -1.62.